The summed E-state index contributed by atoms with van der Waals surface area (Å²) in [7, 11) is 1.55. The lowest BCUT2D eigenvalue weighted by Gasteiger charge is -2.10. The Balaban J connectivity index is 1.53. The molecule has 0 saturated carbocycles. The lowest BCUT2D eigenvalue weighted by Crippen LogP contribution is -2.20. The maximum absolute atomic E-state index is 12.0. The minimum Gasteiger partial charge on any atom is -0.493 e. The van der Waals surface area contributed by atoms with Gasteiger partial charge in [-0.25, -0.2) is 4.98 Å². The maximum Gasteiger partial charge on any atom is 0.263 e. The number of ether oxygens (including phenoxy) is 2. The Kier molecular flexibility index (Phi) is 5.67. The average Bonchev–Trinajstić information content (AvgIpc) is 2.69. The van der Waals surface area contributed by atoms with Crippen LogP contribution in [0.1, 0.15) is 0 Å². The molecule has 6 nitrogen and oxygen atoms in total. The number of hydrogen-bond acceptors (Lipinski definition) is 5. The monoisotopic (exact) mass is 349 g/mol. The average molecular weight is 349 g/mol. The Morgan fingerprint density at radius 1 is 0.923 bits per heavy atom. The standard InChI is InChI=1S/C20H19N3O3/c1-25-17-9-5-6-10-18(17)26-14-20(24)23-19-12-11-16(13-21-19)22-15-7-3-2-4-8-15/h2-13,22H,14H2,1H3,(H,21,23,24). The van der Waals surface area contributed by atoms with Crippen LogP contribution < -0.4 is 20.1 Å². The molecule has 0 aliphatic rings. The number of aromatic nitrogens is 1. The van der Waals surface area contributed by atoms with Crippen molar-refractivity contribution in [2.75, 3.05) is 24.4 Å². The minimum absolute atomic E-state index is 0.133. The molecule has 1 amide bonds. The van der Waals surface area contributed by atoms with Crippen molar-refractivity contribution in [3.63, 3.8) is 0 Å². The van der Waals surface area contributed by atoms with Gasteiger partial charge in [-0.05, 0) is 36.4 Å². The van der Waals surface area contributed by atoms with E-state index in [0.717, 1.165) is 11.4 Å². The van der Waals surface area contributed by atoms with Crippen LogP contribution in [0, 0.1) is 0 Å². The minimum atomic E-state index is -0.299. The molecule has 26 heavy (non-hydrogen) atoms. The van der Waals surface area contributed by atoms with E-state index < -0.39 is 0 Å². The number of nitrogens with one attached hydrogen (secondary N) is 2. The third kappa shape index (κ3) is 4.73. The Morgan fingerprint density at radius 2 is 1.65 bits per heavy atom. The van der Waals surface area contributed by atoms with Crippen LogP contribution in [0.5, 0.6) is 11.5 Å². The first-order valence-corrected chi connectivity index (χ1v) is 8.08. The predicted molar refractivity (Wildman–Crippen MR) is 101 cm³/mol. The number of hydrogen-bond donors (Lipinski definition) is 2. The van der Waals surface area contributed by atoms with Gasteiger partial charge >= 0.3 is 0 Å². The molecule has 0 radical (unpaired) electrons. The Hall–Kier alpha value is -3.54. The van der Waals surface area contributed by atoms with Gasteiger partial charge < -0.3 is 20.1 Å². The maximum atomic E-state index is 12.0. The zero-order valence-electron chi connectivity index (χ0n) is 14.3. The number of methoxy groups -OCH3 is 1. The summed E-state index contributed by atoms with van der Waals surface area (Å²) in [5.41, 5.74) is 1.80. The molecular formula is C20H19N3O3. The first-order chi connectivity index (χ1) is 12.7. The molecule has 132 valence electrons. The van der Waals surface area contributed by atoms with Crippen LogP contribution >= 0.6 is 0 Å². The van der Waals surface area contributed by atoms with E-state index in [1.54, 1.807) is 31.5 Å². The third-order valence-corrected chi connectivity index (χ3v) is 3.52. The number of carbonyl (C=O) groups is 1. The molecule has 2 aromatic carbocycles. The van der Waals surface area contributed by atoms with E-state index in [-0.39, 0.29) is 12.5 Å². The van der Waals surface area contributed by atoms with Gasteiger partial charge in [-0.3, -0.25) is 4.79 Å². The molecule has 1 aromatic heterocycles. The highest BCUT2D eigenvalue weighted by Gasteiger charge is 2.08. The van der Waals surface area contributed by atoms with Crippen LogP contribution in [0.25, 0.3) is 0 Å². The normalized spacial score (nSPS) is 10.0. The van der Waals surface area contributed by atoms with Crippen molar-refractivity contribution in [3.05, 3.63) is 72.9 Å². The van der Waals surface area contributed by atoms with Gasteiger partial charge in [0, 0.05) is 5.69 Å². The van der Waals surface area contributed by atoms with Gasteiger partial charge in [-0.15, -0.1) is 0 Å². The number of rotatable bonds is 7. The van der Waals surface area contributed by atoms with Crippen LogP contribution in [0.4, 0.5) is 17.2 Å². The van der Waals surface area contributed by atoms with Crippen LogP contribution in [0.3, 0.4) is 0 Å². The second-order valence-corrected chi connectivity index (χ2v) is 5.41. The van der Waals surface area contributed by atoms with Crippen LogP contribution in [-0.2, 0) is 4.79 Å². The molecule has 0 aliphatic carbocycles. The zero-order chi connectivity index (χ0) is 18.2. The molecule has 0 bridgehead atoms. The molecule has 0 saturated heterocycles. The van der Waals surface area contributed by atoms with E-state index in [9.17, 15) is 4.79 Å². The van der Waals surface area contributed by atoms with Gasteiger partial charge in [0.25, 0.3) is 5.91 Å². The van der Waals surface area contributed by atoms with Crippen molar-refractivity contribution in [1.29, 1.82) is 0 Å². The number of amides is 1. The fourth-order valence-corrected chi connectivity index (χ4v) is 2.29. The summed E-state index contributed by atoms with van der Waals surface area (Å²) in [6.07, 6.45) is 1.66. The Morgan fingerprint density at radius 3 is 2.35 bits per heavy atom. The van der Waals surface area contributed by atoms with Crippen molar-refractivity contribution >= 4 is 23.1 Å². The van der Waals surface area contributed by atoms with E-state index in [2.05, 4.69) is 15.6 Å². The lowest BCUT2D eigenvalue weighted by molar-refractivity contribution is -0.118. The van der Waals surface area contributed by atoms with Gasteiger partial charge in [0.05, 0.1) is 19.0 Å². The molecule has 6 heteroatoms. The summed E-state index contributed by atoms with van der Waals surface area (Å²) in [4.78, 5) is 16.3. The molecule has 0 spiro atoms. The second kappa shape index (κ2) is 8.53. The number of nitrogens with zero attached hydrogens (tertiary/aromatic N) is 1. The van der Waals surface area contributed by atoms with Gasteiger partial charge in [-0.2, -0.15) is 0 Å². The fourth-order valence-electron chi connectivity index (χ4n) is 2.29. The molecule has 3 aromatic rings. The molecule has 0 aliphatic heterocycles. The first-order valence-electron chi connectivity index (χ1n) is 8.08. The van der Waals surface area contributed by atoms with Crippen molar-refractivity contribution < 1.29 is 14.3 Å². The second-order valence-electron chi connectivity index (χ2n) is 5.41. The van der Waals surface area contributed by atoms with E-state index >= 15 is 0 Å². The number of anilines is 3. The molecule has 0 atom stereocenters. The molecule has 2 N–H and O–H groups in total. The molecule has 1 heterocycles. The number of carbonyl (C=O) groups excluding carboxylic acids is 1. The van der Waals surface area contributed by atoms with Crippen LogP contribution in [0.2, 0.25) is 0 Å². The van der Waals surface area contributed by atoms with E-state index in [4.69, 9.17) is 9.47 Å². The van der Waals surface area contributed by atoms with E-state index in [1.165, 1.54) is 0 Å². The molecule has 0 fully saturated rings. The quantitative estimate of drug-likeness (QED) is 0.678. The first kappa shape index (κ1) is 17.3. The van der Waals surface area contributed by atoms with Gasteiger partial charge in [-0.1, -0.05) is 30.3 Å². The van der Waals surface area contributed by atoms with E-state index in [0.29, 0.717) is 17.3 Å². The van der Waals surface area contributed by atoms with Crippen molar-refractivity contribution in [2.24, 2.45) is 0 Å². The number of para-hydroxylation sites is 3. The third-order valence-electron chi connectivity index (χ3n) is 3.52. The van der Waals surface area contributed by atoms with Crippen LogP contribution in [-0.4, -0.2) is 24.6 Å². The smallest absolute Gasteiger partial charge is 0.263 e. The number of benzene rings is 2. The summed E-state index contributed by atoms with van der Waals surface area (Å²) in [6.45, 7) is -0.133. The highest BCUT2D eigenvalue weighted by atomic mass is 16.5. The molecule has 3 rings (SSSR count). The van der Waals surface area contributed by atoms with E-state index in [1.807, 2.05) is 48.5 Å². The SMILES string of the molecule is COc1ccccc1OCC(=O)Nc1ccc(Nc2ccccc2)cn1. The van der Waals surface area contributed by atoms with Crippen molar-refractivity contribution in [3.8, 4) is 11.5 Å². The van der Waals surface area contributed by atoms with Crippen LogP contribution in [0.15, 0.2) is 72.9 Å². The summed E-state index contributed by atoms with van der Waals surface area (Å²) in [5, 5.41) is 5.93. The summed E-state index contributed by atoms with van der Waals surface area (Å²) >= 11 is 0. The largest absolute Gasteiger partial charge is 0.493 e. The zero-order valence-corrected chi connectivity index (χ0v) is 14.3. The summed E-state index contributed by atoms with van der Waals surface area (Å²) < 4.78 is 10.7. The summed E-state index contributed by atoms with van der Waals surface area (Å²) in [6, 6.07) is 20.5. The van der Waals surface area contributed by atoms with Gasteiger partial charge in [0.1, 0.15) is 5.82 Å². The van der Waals surface area contributed by atoms with Gasteiger partial charge in [0.2, 0.25) is 0 Å². The molecule has 0 unspecified atom stereocenters. The van der Waals surface area contributed by atoms with Gasteiger partial charge in [0.15, 0.2) is 18.1 Å². The number of pyridine rings is 1. The highest BCUT2D eigenvalue weighted by Crippen LogP contribution is 2.25. The van der Waals surface area contributed by atoms with Crippen molar-refractivity contribution in [1.82, 2.24) is 4.98 Å². The topological polar surface area (TPSA) is 72.5 Å². The Bertz CT molecular complexity index is 852. The Labute approximate surface area is 151 Å². The molecular weight excluding hydrogens is 330 g/mol. The fraction of sp³-hybridized carbons (Fsp3) is 0.100. The summed E-state index contributed by atoms with van der Waals surface area (Å²) in [5.74, 6) is 1.25. The lowest BCUT2D eigenvalue weighted by atomic mass is 10.3. The highest BCUT2D eigenvalue weighted by molar-refractivity contribution is 5.91. The van der Waals surface area contributed by atoms with Crippen molar-refractivity contribution in [2.45, 2.75) is 0 Å². The predicted octanol–water partition coefficient (Wildman–Crippen LogP) is 3.85.